The summed E-state index contributed by atoms with van der Waals surface area (Å²) in [5.41, 5.74) is 2.79. The van der Waals surface area contributed by atoms with Gasteiger partial charge >= 0.3 is 0 Å². The van der Waals surface area contributed by atoms with E-state index in [0.717, 1.165) is 10.9 Å². The number of benzene rings is 3. The molecule has 0 radical (unpaired) electrons. The number of furan rings is 1. The number of nitrogens with one attached hydrogen (secondary N) is 2. The predicted octanol–water partition coefficient (Wildman–Crippen LogP) is 5.42. The van der Waals surface area contributed by atoms with Crippen LogP contribution in [0.4, 0.5) is 10.1 Å². The van der Waals surface area contributed by atoms with Crippen LogP contribution in [0.25, 0.3) is 11.0 Å². The summed E-state index contributed by atoms with van der Waals surface area (Å²) < 4.78 is 19.2. The van der Waals surface area contributed by atoms with Crippen molar-refractivity contribution >= 4 is 40.2 Å². The molecule has 1 aromatic heterocycles. The van der Waals surface area contributed by atoms with E-state index in [1.54, 1.807) is 54.2 Å². The van der Waals surface area contributed by atoms with Gasteiger partial charge in [0.05, 0.1) is 6.42 Å². The Kier molecular flexibility index (Phi) is 7.42. The molecule has 0 spiro atoms. The van der Waals surface area contributed by atoms with Gasteiger partial charge in [0.2, 0.25) is 5.91 Å². The summed E-state index contributed by atoms with van der Waals surface area (Å²) in [6.45, 7) is 0.517. The molecular weight excluding hydrogens is 439 g/mol. The maximum atomic E-state index is 13.6. The summed E-state index contributed by atoms with van der Waals surface area (Å²) >= 11 is 1.57. The summed E-state index contributed by atoms with van der Waals surface area (Å²) in [5, 5.41) is 6.55. The van der Waals surface area contributed by atoms with E-state index in [4.69, 9.17) is 4.42 Å². The van der Waals surface area contributed by atoms with E-state index in [1.165, 1.54) is 6.07 Å². The fraction of sp³-hybridized carbons (Fsp3) is 0.154. The van der Waals surface area contributed by atoms with Crippen LogP contribution in [0.5, 0.6) is 0 Å². The first-order valence-electron chi connectivity index (χ1n) is 10.6. The van der Waals surface area contributed by atoms with Crippen molar-refractivity contribution < 1.29 is 18.4 Å². The third-order valence-corrected chi connectivity index (χ3v) is 6.02. The molecule has 7 heteroatoms. The van der Waals surface area contributed by atoms with Crippen LogP contribution in [-0.2, 0) is 17.0 Å². The topological polar surface area (TPSA) is 71.3 Å². The van der Waals surface area contributed by atoms with Gasteiger partial charge in [0.25, 0.3) is 5.91 Å². The Morgan fingerprint density at radius 3 is 2.48 bits per heavy atom. The van der Waals surface area contributed by atoms with Crippen LogP contribution in [0.3, 0.4) is 0 Å². The Morgan fingerprint density at radius 1 is 0.939 bits per heavy atom. The first-order valence-corrected chi connectivity index (χ1v) is 11.7. The van der Waals surface area contributed by atoms with Crippen molar-refractivity contribution in [1.29, 1.82) is 0 Å². The fourth-order valence-electron chi connectivity index (χ4n) is 3.30. The van der Waals surface area contributed by atoms with Gasteiger partial charge in [-0.25, -0.2) is 4.39 Å². The first-order chi connectivity index (χ1) is 16.1. The van der Waals surface area contributed by atoms with Crippen molar-refractivity contribution in [3.8, 4) is 0 Å². The lowest BCUT2D eigenvalue weighted by Gasteiger charge is -2.07. The zero-order chi connectivity index (χ0) is 23.0. The minimum Gasteiger partial charge on any atom is -0.451 e. The molecule has 0 atom stereocenters. The normalized spacial score (nSPS) is 10.8. The van der Waals surface area contributed by atoms with Gasteiger partial charge in [0.1, 0.15) is 11.4 Å². The molecule has 4 rings (SSSR count). The largest absolute Gasteiger partial charge is 0.451 e. The molecule has 5 nitrogen and oxygen atoms in total. The molecule has 0 aliphatic heterocycles. The third-order valence-electron chi connectivity index (χ3n) is 5.01. The minimum atomic E-state index is -0.329. The van der Waals surface area contributed by atoms with E-state index in [-0.39, 0.29) is 29.8 Å². The van der Waals surface area contributed by atoms with Gasteiger partial charge in [-0.15, -0.1) is 0 Å². The van der Waals surface area contributed by atoms with Gasteiger partial charge in [-0.1, -0.05) is 48.5 Å². The van der Waals surface area contributed by atoms with E-state index in [9.17, 15) is 14.0 Å². The number of amides is 2. The predicted molar refractivity (Wildman–Crippen MR) is 130 cm³/mol. The average Bonchev–Trinajstić information content (AvgIpc) is 3.26. The van der Waals surface area contributed by atoms with Gasteiger partial charge in [-0.2, -0.15) is 11.8 Å². The van der Waals surface area contributed by atoms with Crippen LogP contribution in [-0.4, -0.2) is 24.1 Å². The van der Waals surface area contributed by atoms with Gasteiger partial charge < -0.3 is 15.1 Å². The molecule has 3 aromatic carbocycles. The van der Waals surface area contributed by atoms with Gasteiger partial charge in [-0.05, 0) is 41.5 Å². The van der Waals surface area contributed by atoms with Crippen molar-refractivity contribution in [3.63, 3.8) is 0 Å². The van der Waals surface area contributed by atoms with Crippen LogP contribution in [0.1, 0.15) is 21.7 Å². The molecule has 2 N–H and O–H groups in total. The number of halogens is 1. The van der Waals surface area contributed by atoms with Crippen LogP contribution < -0.4 is 10.6 Å². The third kappa shape index (κ3) is 6.23. The molecule has 4 aromatic rings. The highest BCUT2D eigenvalue weighted by atomic mass is 32.2. The number of anilines is 1. The second-order valence-corrected chi connectivity index (χ2v) is 8.58. The summed E-state index contributed by atoms with van der Waals surface area (Å²) in [4.78, 5) is 24.6. The number of rotatable bonds is 9. The van der Waals surface area contributed by atoms with Gasteiger partial charge in [0.15, 0.2) is 5.76 Å². The fourth-order valence-corrected chi connectivity index (χ4v) is 4.15. The first kappa shape index (κ1) is 22.6. The SMILES string of the molecule is O=C(Cc1ccc(NC(=O)c2cc3ccccc3o2)cc1)NCCSCc1ccccc1F. The van der Waals surface area contributed by atoms with Crippen LogP contribution in [0, 0.1) is 5.82 Å². The summed E-state index contributed by atoms with van der Waals surface area (Å²) in [5.74, 6) is 0.903. The van der Waals surface area contributed by atoms with Crippen molar-refractivity contribution in [2.45, 2.75) is 12.2 Å². The quantitative estimate of drug-likeness (QED) is 0.326. The molecule has 0 unspecified atom stereocenters. The monoisotopic (exact) mass is 462 g/mol. The molecule has 33 heavy (non-hydrogen) atoms. The number of carbonyl (C=O) groups excluding carboxylic acids is 2. The molecule has 0 saturated heterocycles. The second-order valence-electron chi connectivity index (χ2n) is 7.47. The lowest BCUT2D eigenvalue weighted by molar-refractivity contribution is -0.120. The Labute approximate surface area is 195 Å². The number of hydrogen-bond donors (Lipinski definition) is 2. The van der Waals surface area contributed by atoms with E-state index >= 15 is 0 Å². The maximum Gasteiger partial charge on any atom is 0.291 e. The molecule has 0 bridgehead atoms. The number of carbonyl (C=O) groups is 2. The van der Waals surface area contributed by atoms with E-state index in [1.807, 2.05) is 30.3 Å². The zero-order valence-corrected chi connectivity index (χ0v) is 18.7. The smallest absolute Gasteiger partial charge is 0.291 e. The van der Waals surface area contributed by atoms with Crippen LogP contribution in [0.2, 0.25) is 0 Å². The Balaban J connectivity index is 1.20. The number of para-hydroxylation sites is 1. The molecule has 0 aliphatic carbocycles. The Morgan fingerprint density at radius 2 is 1.70 bits per heavy atom. The van der Waals surface area contributed by atoms with Crippen molar-refractivity contribution in [3.05, 3.63) is 102 Å². The highest BCUT2D eigenvalue weighted by Gasteiger charge is 2.12. The standard InChI is InChI=1S/C26H23FN2O3S/c27-22-7-3-1-6-20(22)17-33-14-13-28-25(30)15-18-9-11-21(12-10-18)29-26(31)24-16-19-5-2-4-8-23(19)32-24/h1-12,16H,13-15,17H2,(H,28,30)(H,29,31). The maximum absolute atomic E-state index is 13.6. The van der Waals surface area contributed by atoms with Gasteiger partial charge in [-0.3, -0.25) is 9.59 Å². The average molecular weight is 463 g/mol. The van der Waals surface area contributed by atoms with E-state index in [2.05, 4.69) is 10.6 Å². The molecule has 0 fully saturated rings. The second kappa shape index (κ2) is 10.8. The Hall–Kier alpha value is -3.58. The number of hydrogen-bond acceptors (Lipinski definition) is 4. The summed E-state index contributed by atoms with van der Waals surface area (Å²) in [6, 6.07) is 23.0. The molecular formula is C26H23FN2O3S. The summed E-state index contributed by atoms with van der Waals surface area (Å²) in [6.07, 6.45) is 0.246. The van der Waals surface area contributed by atoms with E-state index < -0.39 is 0 Å². The highest BCUT2D eigenvalue weighted by Crippen LogP contribution is 2.20. The van der Waals surface area contributed by atoms with Crippen LogP contribution >= 0.6 is 11.8 Å². The minimum absolute atomic E-state index is 0.0828. The molecule has 0 aliphatic rings. The van der Waals surface area contributed by atoms with Crippen molar-refractivity contribution in [1.82, 2.24) is 5.32 Å². The lowest BCUT2D eigenvalue weighted by Crippen LogP contribution is -2.27. The molecule has 2 amide bonds. The van der Waals surface area contributed by atoms with Gasteiger partial charge in [0, 0.05) is 29.1 Å². The van der Waals surface area contributed by atoms with Crippen molar-refractivity contribution in [2.75, 3.05) is 17.6 Å². The van der Waals surface area contributed by atoms with Crippen LogP contribution in [0.15, 0.2) is 83.3 Å². The number of fused-ring (bicyclic) bond motifs is 1. The lowest BCUT2D eigenvalue weighted by atomic mass is 10.1. The highest BCUT2D eigenvalue weighted by molar-refractivity contribution is 7.98. The molecule has 1 heterocycles. The molecule has 0 saturated carbocycles. The van der Waals surface area contributed by atoms with Crippen molar-refractivity contribution in [2.24, 2.45) is 0 Å². The zero-order valence-electron chi connectivity index (χ0n) is 17.8. The van der Waals surface area contributed by atoms with E-state index in [0.29, 0.717) is 34.9 Å². The Bertz CT molecular complexity index is 1220. The molecule has 168 valence electrons. The summed E-state index contributed by atoms with van der Waals surface area (Å²) in [7, 11) is 0. The number of thioether (sulfide) groups is 1.